The third-order valence-electron chi connectivity index (χ3n) is 3.19. The van der Waals surface area contributed by atoms with Crippen molar-refractivity contribution in [2.75, 3.05) is 12.9 Å². The van der Waals surface area contributed by atoms with Gasteiger partial charge >= 0.3 is 0 Å². The molecule has 0 amide bonds. The van der Waals surface area contributed by atoms with Crippen LogP contribution in [0.2, 0.25) is 0 Å². The minimum Gasteiger partial charge on any atom is -0.493 e. The second-order valence-corrected chi connectivity index (χ2v) is 5.52. The summed E-state index contributed by atoms with van der Waals surface area (Å²) in [6.07, 6.45) is 3.06. The van der Waals surface area contributed by atoms with E-state index in [1.165, 1.54) is 4.90 Å². The molecule has 0 radical (unpaired) electrons. The first-order chi connectivity index (χ1) is 9.76. The predicted molar refractivity (Wildman–Crippen MR) is 86.5 cm³/mol. The fourth-order valence-electron chi connectivity index (χ4n) is 2.07. The fraction of sp³-hybridized carbons (Fsp3) is 0.294. The van der Waals surface area contributed by atoms with E-state index in [0.29, 0.717) is 0 Å². The topological polar surface area (TPSA) is 35.2 Å². The van der Waals surface area contributed by atoms with E-state index in [1.54, 1.807) is 11.8 Å². The normalized spacial score (nSPS) is 12.2. The number of rotatable bonds is 6. The van der Waals surface area contributed by atoms with Gasteiger partial charge in [-0.1, -0.05) is 37.3 Å². The van der Waals surface area contributed by atoms with Crippen LogP contribution >= 0.6 is 11.8 Å². The molecule has 0 aliphatic heterocycles. The van der Waals surface area contributed by atoms with Crippen LogP contribution in [0.4, 0.5) is 0 Å². The smallest absolute Gasteiger partial charge is 0.124 e. The number of thioether (sulfide) groups is 1. The van der Waals surface area contributed by atoms with Gasteiger partial charge in [-0.05, 0) is 36.4 Å². The SMILES string of the molecule is CCCOc1ccccc1C(N)c1ccc(SC)cc1. The Balaban J connectivity index is 2.24. The van der Waals surface area contributed by atoms with Gasteiger partial charge in [0.2, 0.25) is 0 Å². The summed E-state index contributed by atoms with van der Waals surface area (Å²) < 4.78 is 5.79. The Morgan fingerprint density at radius 2 is 1.80 bits per heavy atom. The van der Waals surface area contributed by atoms with Crippen LogP contribution in [0.15, 0.2) is 53.4 Å². The highest BCUT2D eigenvalue weighted by Crippen LogP contribution is 2.29. The summed E-state index contributed by atoms with van der Waals surface area (Å²) in [5, 5.41) is 0. The second-order valence-electron chi connectivity index (χ2n) is 4.64. The number of benzene rings is 2. The summed E-state index contributed by atoms with van der Waals surface area (Å²) in [4.78, 5) is 1.25. The van der Waals surface area contributed by atoms with Gasteiger partial charge in [0, 0.05) is 10.5 Å². The van der Waals surface area contributed by atoms with E-state index in [4.69, 9.17) is 10.5 Å². The summed E-state index contributed by atoms with van der Waals surface area (Å²) in [5.74, 6) is 0.885. The average Bonchev–Trinajstić information content (AvgIpc) is 2.52. The van der Waals surface area contributed by atoms with Gasteiger partial charge < -0.3 is 10.5 Å². The molecule has 2 N–H and O–H groups in total. The molecule has 1 unspecified atom stereocenters. The van der Waals surface area contributed by atoms with Crippen LogP contribution in [0.5, 0.6) is 5.75 Å². The van der Waals surface area contributed by atoms with Crippen molar-refractivity contribution in [2.24, 2.45) is 5.73 Å². The zero-order valence-electron chi connectivity index (χ0n) is 12.0. The van der Waals surface area contributed by atoms with Crippen molar-refractivity contribution in [1.82, 2.24) is 0 Å². The van der Waals surface area contributed by atoms with Gasteiger partial charge in [-0.25, -0.2) is 0 Å². The molecule has 2 rings (SSSR count). The molecule has 0 heterocycles. The Morgan fingerprint density at radius 1 is 1.10 bits per heavy atom. The lowest BCUT2D eigenvalue weighted by Gasteiger charge is -2.17. The van der Waals surface area contributed by atoms with Crippen LogP contribution in [0.25, 0.3) is 0 Å². The number of ether oxygens (including phenoxy) is 1. The molecule has 106 valence electrons. The van der Waals surface area contributed by atoms with Crippen molar-refractivity contribution < 1.29 is 4.74 Å². The molecular weight excluding hydrogens is 266 g/mol. The van der Waals surface area contributed by atoms with E-state index in [9.17, 15) is 0 Å². The molecule has 0 aliphatic carbocycles. The minimum atomic E-state index is -0.154. The molecule has 0 saturated heterocycles. The van der Waals surface area contributed by atoms with E-state index >= 15 is 0 Å². The lowest BCUT2D eigenvalue weighted by atomic mass is 9.99. The Kier molecular flexibility index (Phi) is 5.50. The largest absolute Gasteiger partial charge is 0.493 e. The van der Waals surface area contributed by atoms with Crippen LogP contribution in [-0.2, 0) is 0 Å². The fourth-order valence-corrected chi connectivity index (χ4v) is 2.48. The van der Waals surface area contributed by atoms with Gasteiger partial charge in [0.1, 0.15) is 5.75 Å². The Labute approximate surface area is 125 Å². The van der Waals surface area contributed by atoms with Crippen LogP contribution < -0.4 is 10.5 Å². The summed E-state index contributed by atoms with van der Waals surface area (Å²) in [5.41, 5.74) is 8.54. The molecule has 0 aromatic heterocycles. The van der Waals surface area contributed by atoms with Gasteiger partial charge in [0.25, 0.3) is 0 Å². The van der Waals surface area contributed by atoms with Crippen LogP contribution in [0.1, 0.15) is 30.5 Å². The van der Waals surface area contributed by atoms with Crippen molar-refractivity contribution in [3.8, 4) is 5.75 Å². The maximum absolute atomic E-state index is 6.39. The second kappa shape index (κ2) is 7.36. The van der Waals surface area contributed by atoms with Crippen molar-refractivity contribution >= 4 is 11.8 Å². The first-order valence-electron chi connectivity index (χ1n) is 6.87. The van der Waals surface area contributed by atoms with E-state index in [1.807, 2.05) is 24.3 Å². The summed E-state index contributed by atoms with van der Waals surface area (Å²) in [6.45, 7) is 2.82. The highest BCUT2D eigenvalue weighted by atomic mass is 32.2. The van der Waals surface area contributed by atoms with Crippen molar-refractivity contribution in [1.29, 1.82) is 0 Å². The van der Waals surface area contributed by atoms with Crippen LogP contribution in [0, 0.1) is 0 Å². The number of hydrogen-bond acceptors (Lipinski definition) is 3. The monoisotopic (exact) mass is 287 g/mol. The molecule has 0 spiro atoms. The molecule has 3 heteroatoms. The van der Waals surface area contributed by atoms with Gasteiger partial charge in [0.15, 0.2) is 0 Å². The maximum atomic E-state index is 6.39. The van der Waals surface area contributed by atoms with E-state index < -0.39 is 0 Å². The molecule has 2 aromatic carbocycles. The molecule has 0 fully saturated rings. The molecule has 2 nitrogen and oxygen atoms in total. The van der Waals surface area contributed by atoms with Gasteiger partial charge in [0.05, 0.1) is 12.6 Å². The Bertz CT molecular complexity index is 539. The van der Waals surface area contributed by atoms with Gasteiger partial charge in [-0.15, -0.1) is 11.8 Å². The highest BCUT2D eigenvalue weighted by molar-refractivity contribution is 7.98. The van der Waals surface area contributed by atoms with E-state index in [2.05, 4.69) is 37.4 Å². The van der Waals surface area contributed by atoms with Gasteiger partial charge in [-0.2, -0.15) is 0 Å². The third-order valence-corrected chi connectivity index (χ3v) is 3.93. The average molecular weight is 287 g/mol. The Hall–Kier alpha value is -1.45. The molecule has 0 bridgehead atoms. The first-order valence-corrected chi connectivity index (χ1v) is 8.10. The predicted octanol–water partition coefficient (Wildman–Crippen LogP) is 4.25. The molecule has 0 saturated carbocycles. The van der Waals surface area contributed by atoms with E-state index in [0.717, 1.165) is 29.9 Å². The number of nitrogens with two attached hydrogens (primary N) is 1. The van der Waals surface area contributed by atoms with Crippen LogP contribution in [-0.4, -0.2) is 12.9 Å². The van der Waals surface area contributed by atoms with Crippen molar-refractivity contribution in [3.05, 3.63) is 59.7 Å². The van der Waals surface area contributed by atoms with Crippen molar-refractivity contribution in [3.63, 3.8) is 0 Å². The van der Waals surface area contributed by atoms with Gasteiger partial charge in [-0.3, -0.25) is 0 Å². The minimum absolute atomic E-state index is 0.154. The summed E-state index contributed by atoms with van der Waals surface area (Å²) in [6, 6.07) is 16.3. The molecular formula is C17H21NOS. The van der Waals surface area contributed by atoms with Crippen LogP contribution in [0.3, 0.4) is 0 Å². The Morgan fingerprint density at radius 3 is 2.45 bits per heavy atom. The zero-order valence-corrected chi connectivity index (χ0v) is 12.8. The molecule has 2 aromatic rings. The maximum Gasteiger partial charge on any atom is 0.124 e. The highest BCUT2D eigenvalue weighted by Gasteiger charge is 2.13. The molecule has 1 atom stereocenters. The quantitative estimate of drug-likeness (QED) is 0.807. The lowest BCUT2D eigenvalue weighted by molar-refractivity contribution is 0.313. The standard InChI is InChI=1S/C17H21NOS/c1-3-12-19-16-7-5-4-6-15(16)17(18)13-8-10-14(20-2)11-9-13/h4-11,17H,3,12,18H2,1-2H3. The van der Waals surface area contributed by atoms with E-state index in [-0.39, 0.29) is 6.04 Å². The number of hydrogen-bond donors (Lipinski definition) is 1. The molecule has 0 aliphatic rings. The van der Waals surface area contributed by atoms with Crippen molar-refractivity contribution in [2.45, 2.75) is 24.3 Å². The summed E-state index contributed by atoms with van der Waals surface area (Å²) in [7, 11) is 0. The number of para-hydroxylation sites is 1. The first kappa shape index (κ1) is 14.9. The molecule has 20 heavy (non-hydrogen) atoms. The summed E-state index contributed by atoms with van der Waals surface area (Å²) >= 11 is 1.73. The third kappa shape index (κ3) is 3.56. The zero-order chi connectivity index (χ0) is 14.4. The lowest BCUT2D eigenvalue weighted by Crippen LogP contribution is -2.13.